The van der Waals surface area contributed by atoms with Crippen LogP contribution in [0.3, 0.4) is 0 Å². The number of likely N-dealkylation sites (N-methyl/N-ethyl adjacent to an activating group) is 1. The number of carbonyl (C=O) groups is 2. The molecule has 25 heavy (non-hydrogen) atoms. The number of ether oxygens (including phenoxy) is 1. The Bertz CT molecular complexity index is 622. The van der Waals surface area contributed by atoms with E-state index in [9.17, 15) is 9.59 Å². The number of amides is 1. The molecule has 0 aromatic heterocycles. The summed E-state index contributed by atoms with van der Waals surface area (Å²) in [6, 6.07) is 7.34. The molecule has 5 heteroatoms. The zero-order chi connectivity index (χ0) is 18.8. The van der Waals surface area contributed by atoms with Crippen LogP contribution in [-0.4, -0.2) is 41.0 Å². The Morgan fingerprint density at radius 1 is 1.28 bits per heavy atom. The van der Waals surface area contributed by atoms with Crippen LogP contribution in [0.2, 0.25) is 0 Å². The van der Waals surface area contributed by atoms with Crippen LogP contribution in [0, 0.1) is 0 Å². The molecular formula is C20H30N2O3. The molecule has 0 bridgehead atoms. The van der Waals surface area contributed by atoms with Crippen LogP contribution in [0.5, 0.6) is 0 Å². The van der Waals surface area contributed by atoms with E-state index in [-0.39, 0.29) is 24.3 Å². The monoisotopic (exact) mass is 346 g/mol. The first-order chi connectivity index (χ1) is 11.7. The number of nitrogens with one attached hydrogen (secondary N) is 1. The third-order valence-electron chi connectivity index (χ3n) is 5.14. The molecule has 1 N–H and O–H groups in total. The van der Waals surface area contributed by atoms with Crippen LogP contribution in [0.15, 0.2) is 24.3 Å². The molecule has 0 aliphatic carbocycles. The van der Waals surface area contributed by atoms with Gasteiger partial charge in [0.25, 0.3) is 0 Å². The second-order valence-corrected chi connectivity index (χ2v) is 7.58. The molecule has 2 unspecified atom stereocenters. The number of rotatable bonds is 5. The maximum Gasteiger partial charge on any atom is 0.324 e. The largest absolute Gasteiger partial charge is 0.457 e. The van der Waals surface area contributed by atoms with E-state index in [1.807, 2.05) is 56.9 Å². The topological polar surface area (TPSA) is 58.6 Å². The third kappa shape index (κ3) is 4.40. The Balaban J connectivity index is 2.04. The molecule has 0 radical (unpaired) electrons. The molecule has 138 valence electrons. The van der Waals surface area contributed by atoms with Gasteiger partial charge < -0.3 is 10.1 Å². The van der Waals surface area contributed by atoms with Crippen molar-refractivity contribution < 1.29 is 14.3 Å². The molecule has 1 amide bonds. The van der Waals surface area contributed by atoms with Crippen molar-refractivity contribution >= 4 is 17.6 Å². The minimum absolute atomic E-state index is 0.0540. The Hall–Kier alpha value is -1.88. The number of hydrogen-bond acceptors (Lipinski definition) is 4. The molecule has 1 aromatic carbocycles. The highest BCUT2D eigenvalue weighted by molar-refractivity contribution is 5.94. The summed E-state index contributed by atoms with van der Waals surface area (Å²) in [6.45, 7) is 12.8. The molecule has 2 rings (SSSR count). The van der Waals surface area contributed by atoms with Gasteiger partial charge in [0.2, 0.25) is 5.91 Å². The second kappa shape index (κ2) is 7.56. The second-order valence-electron chi connectivity index (χ2n) is 7.58. The highest BCUT2D eigenvalue weighted by atomic mass is 16.6. The molecule has 1 aliphatic rings. The van der Waals surface area contributed by atoms with Crippen LogP contribution >= 0.6 is 0 Å². The summed E-state index contributed by atoms with van der Waals surface area (Å²) < 4.78 is 5.56. The minimum Gasteiger partial charge on any atom is -0.457 e. The van der Waals surface area contributed by atoms with Gasteiger partial charge in [0.15, 0.2) is 0 Å². The number of nitrogens with zero attached hydrogens (tertiary/aromatic N) is 1. The van der Waals surface area contributed by atoms with Gasteiger partial charge in [-0.05, 0) is 50.9 Å². The molecule has 2 atom stereocenters. The van der Waals surface area contributed by atoms with E-state index in [0.717, 1.165) is 5.69 Å². The molecule has 1 saturated heterocycles. The maximum atomic E-state index is 12.4. The van der Waals surface area contributed by atoms with E-state index in [1.165, 1.54) is 5.56 Å². The van der Waals surface area contributed by atoms with Gasteiger partial charge in [0.05, 0.1) is 6.42 Å². The number of morpholine rings is 1. The fraction of sp³-hybridized carbons (Fsp3) is 0.600. The number of hydrogen-bond donors (Lipinski definition) is 1. The van der Waals surface area contributed by atoms with E-state index in [4.69, 9.17) is 4.74 Å². The standard InChI is InChI=1S/C20H30N2O3/c1-7-22-14(4)20(5,6)25-19(24)17(22)12-18(23)21-16-10-8-15(9-11-16)13(2)3/h8-11,13-14,17H,7,12H2,1-6H3,(H,21,23). The van der Waals surface area contributed by atoms with Gasteiger partial charge in [-0.3, -0.25) is 14.5 Å². The molecule has 1 heterocycles. The van der Waals surface area contributed by atoms with Gasteiger partial charge in [-0.15, -0.1) is 0 Å². The van der Waals surface area contributed by atoms with Crippen LogP contribution in [-0.2, 0) is 14.3 Å². The number of benzene rings is 1. The Kier molecular flexibility index (Phi) is 5.88. The van der Waals surface area contributed by atoms with Crippen molar-refractivity contribution in [3.8, 4) is 0 Å². The number of anilines is 1. The van der Waals surface area contributed by atoms with E-state index in [0.29, 0.717) is 12.5 Å². The Morgan fingerprint density at radius 3 is 2.40 bits per heavy atom. The average molecular weight is 346 g/mol. The quantitative estimate of drug-likeness (QED) is 0.828. The fourth-order valence-corrected chi connectivity index (χ4v) is 3.25. The van der Waals surface area contributed by atoms with Gasteiger partial charge in [0, 0.05) is 11.7 Å². The summed E-state index contributed by atoms with van der Waals surface area (Å²) >= 11 is 0. The molecule has 1 aliphatic heterocycles. The summed E-state index contributed by atoms with van der Waals surface area (Å²) in [7, 11) is 0. The van der Waals surface area contributed by atoms with E-state index < -0.39 is 11.6 Å². The highest BCUT2D eigenvalue weighted by Crippen LogP contribution is 2.29. The first-order valence-electron chi connectivity index (χ1n) is 9.04. The zero-order valence-electron chi connectivity index (χ0n) is 16.1. The predicted octanol–water partition coefficient (Wildman–Crippen LogP) is 3.55. The Labute approximate surface area is 150 Å². The maximum absolute atomic E-state index is 12.4. The van der Waals surface area contributed by atoms with Crippen LogP contribution in [0.25, 0.3) is 0 Å². The van der Waals surface area contributed by atoms with Gasteiger partial charge in [-0.2, -0.15) is 0 Å². The number of carbonyl (C=O) groups excluding carboxylic acids is 2. The molecule has 5 nitrogen and oxygen atoms in total. The van der Waals surface area contributed by atoms with Crippen molar-refractivity contribution in [2.45, 2.75) is 71.6 Å². The normalized spacial score (nSPS) is 23.4. The van der Waals surface area contributed by atoms with Crippen LogP contribution in [0.4, 0.5) is 5.69 Å². The summed E-state index contributed by atoms with van der Waals surface area (Å²) in [6.07, 6.45) is 0.0963. The lowest BCUT2D eigenvalue weighted by Crippen LogP contribution is -2.62. The molecule has 1 fully saturated rings. The summed E-state index contributed by atoms with van der Waals surface area (Å²) in [4.78, 5) is 26.9. The summed E-state index contributed by atoms with van der Waals surface area (Å²) in [5.41, 5.74) is 1.42. The van der Waals surface area contributed by atoms with Crippen LogP contribution in [0.1, 0.15) is 59.4 Å². The van der Waals surface area contributed by atoms with Gasteiger partial charge in [-0.25, -0.2) is 0 Å². The third-order valence-corrected chi connectivity index (χ3v) is 5.14. The van der Waals surface area contributed by atoms with Crippen LogP contribution < -0.4 is 5.32 Å². The van der Waals surface area contributed by atoms with E-state index in [1.54, 1.807) is 0 Å². The lowest BCUT2D eigenvalue weighted by atomic mass is 9.93. The molecule has 1 aromatic rings. The fourth-order valence-electron chi connectivity index (χ4n) is 3.25. The number of cyclic esters (lactones) is 1. The van der Waals surface area contributed by atoms with Gasteiger partial charge in [-0.1, -0.05) is 32.9 Å². The van der Waals surface area contributed by atoms with Crippen molar-refractivity contribution in [1.29, 1.82) is 0 Å². The van der Waals surface area contributed by atoms with Crippen molar-refractivity contribution in [2.24, 2.45) is 0 Å². The average Bonchev–Trinajstić information content (AvgIpc) is 2.53. The highest BCUT2D eigenvalue weighted by Gasteiger charge is 2.46. The summed E-state index contributed by atoms with van der Waals surface area (Å²) in [5, 5.41) is 2.88. The SMILES string of the molecule is CCN1C(CC(=O)Nc2ccc(C(C)C)cc2)C(=O)OC(C)(C)C1C. The minimum atomic E-state index is -0.549. The predicted molar refractivity (Wildman–Crippen MR) is 99.6 cm³/mol. The lowest BCUT2D eigenvalue weighted by molar-refractivity contribution is -0.188. The molecule has 0 spiro atoms. The first kappa shape index (κ1) is 19.4. The van der Waals surface area contributed by atoms with Crippen molar-refractivity contribution in [2.75, 3.05) is 11.9 Å². The lowest BCUT2D eigenvalue weighted by Gasteiger charge is -2.47. The van der Waals surface area contributed by atoms with Crippen molar-refractivity contribution in [3.63, 3.8) is 0 Å². The molecule has 0 saturated carbocycles. The molecular weight excluding hydrogens is 316 g/mol. The first-order valence-corrected chi connectivity index (χ1v) is 9.04. The van der Waals surface area contributed by atoms with Gasteiger partial charge >= 0.3 is 5.97 Å². The van der Waals surface area contributed by atoms with Gasteiger partial charge in [0.1, 0.15) is 11.6 Å². The Morgan fingerprint density at radius 2 is 1.88 bits per heavy atom. The summed E-state index contributed by atoms with van der Waals surface area (Å²) in [5.74, 6) is -0.0513. The van der Waals surface area contributed by atoms with Crippen molar-refractivity contribution in [3.05, 3.63) is 29.8 Å². The van der Waals surface area contributed by atoms with E-state index >= 15 is 0 Å². The number of esters is 1. The van der Waals surface area contributed by atoms with Crippen molar-refractivity contribution in [1.82, 2.24) is 4.90 Å². The van der Waals surface area contributed by atoms with E-state index in [2.05, 4.69) is 19.2 Å². The smallest absolute Gasteiger partial charge is 0.324 e. The zero-order valence-corrected chi connectivity index (χ0v) is 16.1.